The van der Waals surface area contributed by atoms with E-state index in [-0.39, 0.29) is 23.7 Å². The van der Waals surface area contributed by atoms with E-state index in [2.05, 4.69) is 5.32 Å². The second-order valence-electron chi connectivity index (χ2n) is 7.30. The van der Waals surface area contributed by atoms with Crippen LogP contribution in [-0.2, 0) is 16.0 Å². The van der Waals surface area contributed by atoms with Crippen molar-refractivity contribution in [3.8, 4) is 0 Å². The minimum absolute atomic E-state index is 0.0106. The van der Waals surface area contributed by atoms with Crippen molar-refractivity contribution in [2.24, 2.45) is 5.92 Å². The topological polar surface area (TPSA) is 62.6 Å². The van der Waals surface area contributed by atoms with E-state index in [4.69, 9.17) is 4.42 Å². The second kappa shape index (κ2) is 8.35. The summed E-state index contributed by atoms with van der Waals surface area (Å²) in [6.07, 6.45) is 2.78. The number of carbonyl (C=O) groups is 2. The van der Waals surface area contributed by atoms with Gasteiger partial charge in [-0.1, -0.05) is 30.3 Å². The number of nitrogens with zero attached hydrogens (tertiary/aromatic N) is 1. The monoisotopic (exact) mass is 388 g/mol. The van der Waals surface area contributed by atoms with Crippen LogP contribution >= 0.6 is 0 Å². The van der Waals surface area contributed by atoms with Crippen LogP contribution in [-0.4, -0.2) is 18.4 Å². The van der Waals surface area contributed by atoms with Crippen LogP contribution in [0.4, 0.5) is 11.4 Å². The van der Waals surface area contributed by atoms with E-state index in [9.17, 15) is 9.59 Å². The van der Waals surface area contributed by atoms with E-state index in [1.54, 1.807) is 11.2 Å². The molecule has 2 amide bonds. The zero-order valence-corrected chi connectivity index (χ0v) is 16.4. The molecular weight excluding hydrogens is 364 g/mol. The molecule has 1 aliphatic rings. The van der Waals surface area contributed by atoms with Crippen LogP contribution in [0.3, 0.4) is 0 Å². The molecule has 4 rings (SSSR count). The van der Waals surface area contributed by atoms with Crippen LogP contribution < -0.4 is 10.2 Å². The predicted octanol–water partition coefficient (Wildman–Crippen LogP) is 4.62. The highest BCUT2D eigenvalue weighted by molar-refractivity contribution is 5.96. The Labute approximate surface area is 170 Å². The van der Waals surface area contributed by atoms with Crippen molar-refractivity contribution in [3.63, 3.8) is 0 Å². The molecule has 1 aliphatic carbocycles. The second-order valence-corrected chi connectivity index (χ2v) is 7.30. The third-order valence-corrected chi connectivity index (χ3v) is 5.30. The van der Waals surface area contributed by atoms with Gasteiger partial charge in [0.1, 0.15) is 5.76 Å². The number of benzene rings is 2. The lowest BCUT2D eigenvalue weighted by Crippen LogP contribution is -2.31. The first kappa shape index (κ1) is 19.0. The Kier molecular flexibility index (Phi) is 5.47. The number of carbonyl (C=O) groups excluding carboxylic acids is 2. The van der Waals surface area contributed by atoms with Crippen molar-refractivity contribution in [1.29, 1.82) is 0 Å². The Bertz CT molecular complexity index is 965. The molecule has 1 saturated carbocycles. The number of hydrogen-bond acceptors (Lipinski definition) is 3. The van der Waals surface area contributed by atoms with Gasteiger partial charge in [-0.2, -0.15) is 0 Å². The standard InChI is InChI=1S/C24H24N2O3/c1-2-26(19-7-4-3-5-8-19)23(27)15-17-10-12-18(13-11-17)25-24(28)21-16-20(21)22-9-6-14-29-22/h3-14,20-21H,2,15-16H2,1H3,(H,25,28). The van der Waals surface area contributed by atoms with Crippen LogP contribution in [0, 0.1) is 5.92 Å². The maximum atomic E-state index is 12.7. The molecule has 1 fully saturated rings. The maximum absolute atomic E-state index is 12.7. The van der Waals surface area contributed by atoms with Gasteiger partial charge in [-0.15, -0.1) is 0 Å². The Morgan fingerprint density at radius 3 is 2.45 bits per heavy atom. The molecule has 2 unspecified atom stereocenters. The van der Waals surface area contributed by atoms with Gasteiger partial charge in [0.15, 0.2) is 0 Å². The van der Waals surface area contributed by atoms with Crippen molar-refractivity contribution in [1.82, 2.24) is 0 Å². The van der Waals surface area contributed by atoms with Gasteiger partial charge in [-0.25, -0.2) is 0 Å². The first-order valence-electron chi connectivity index (χ1n) is 9.94. The van der Waals surface area contributed by atoms with Crippen molar-refractivity contribution >= 4 is 23.2 Å². The number of rotatable bonds is 7. The fourth-order valence-corrected chi connectivity index (χ4v) is 3.62. The largest absolute Gasteiger partial charge is 0.469 e. The minimum Gasteiger partial charge on any atom is -0.469 e. The lowest BCUT2D eigenvalue weighted by Gasteiger charge is -2.21. The third-order valence-electron chi connectivity index (χ3n) is 5.30. The van der Waals surface area contributed by atoms with E-state index < -0.39 is 0 Å². The molecule has 0 spiro atoms. The number of anilines is 2. The van der Waals surface area contributed by atoms with Gasteiger partial charge in [-0.05, 0) is 55.3 Å². The number of likely N-dealkylation sites (N-methyl/N-ethyl adjacent to an activating group) is 1. The summed E-state index contributed by atoms with van der Waals surface area (Å²) in [6, 6.07) is 20.9. The summed E-state index contributed by atoms with van der Waals surface area (Å²) in [5.41, 5.74) is 2.56. The molecule has 5 nitrogen and oxygen atoms in total. The first-order valence-corrected chi connectivity index (χ1v) is 9.94. The normalized spacial score (nSPS) is 17.6. The molecule has 1 heterocycles. The summed E-state index contributed by atoms with van der Waals surface area (Å²) >= 11 is 0. The zero-order valence-electron chi connectivity index (χ0n) is 16.4. The molecule has 2 aromatic carbocycles. The fourth-order valence-electron chi connectivity index (χ4n) is 3.62. The zero-order chi connectivity index (χ0) is 20.2. The quantitative estimate of drug-likeness (QED) is 0.642. The Hall–Kier alpha value is -3.34. The summed E-state index contributed by atoms with van der Waals surface area (Å²) in [5.74, 6) is 1.08. The molecule has 29 heavy (non-hydrogen) atoms. The van der Waals surface area contributed by atoms with Crippen molar-refractivity contribution in [2.75, 3.05) is 16.8 Å². The number of nitrogens with one attached hydrogen (secondary N) is 1. The summed E-state index contributed by atoms with van der Waals surface area (Å²) in [4.78, 5) is 26.9. The summed E-state index contributed by atoms with van der Waals surface area (Å²) in [7, 11) is 0. The number of amides is 2. The first-order chi connectivity index (χ1) is 14.2. The molecule has 5 heteroatoms. The average Bonchev–Trinajstić information content (AvgIpc) is 3.36. The van der Waals surface area contributed by atoms with Crippen molar-refractivity contribution < 1.29 is 14.0 Å². The number of hydrogen-bond donors (Lipinski definition) is 1. The SMILES string of the molecule is CCN(C(=O)Cc1ccc(NC(=O)C2CC2c2ccco2)cc1)c1ccccc1. The molecule has 0 bridgehead atoms. The molecule has 3 aromatic rings. The molecule has 1 N–H and O–H groups in total. The highest BCUT2D eigenvalue weighted by Crippen LogP contribution is 2.48. The van der Waals surface area contributed by atoms with Crippen LogP contribution in [0.5, 0.6) is 0 Å². The van der Waals surface area contributed by atoms with Gasteiger partial charge in [0.25, 0.3) is 0 Å². The Morgan fingerprint density at radius 2 is 1.79 bits per heavy atom. The molecule has 1 aromatic heterocycles. The summed E-state index contributed by atoms with van der Waals surface area (Å²) < 4.78 is 5.39. The van der Waals surface area contributed by atoms with Crippen LogP contribution in [0.1, 0.15) is 30.6 Å². The fraction of sp³-hybridized carbons (Fsp3) is 0.250. The minimum atomic E-state index is -0.0358. The lowest BCUT2D eigenvalue weighted by molar-refractivity contribution is -0.118. The number of para-hydroxylation sites is 1. The molecule has 148 valence electrons. The van der Waals surface area contributed by atoms with E-state index in [1.807, 2.05) is 73.7 Å². The Balaban J connectivity index is 1.33. The van der Waals surface area contributed by atoms with Gasteiger partial charge < -0.3 is 14.6 Å². The van der Waals surface area contributed by atoms with Crippen LogP contribution in [0.25, 0.3) is 0 Å². The lowest BCUT2D eigenvalue weighted by atomic mass is 10.1. The molecule has 0 aliphatic heterocycles. The van der Waals surface area contributed by atoms with Gasteiger partial charge >= 0.3 is 0 Å². The van der Waals surface area contributed by atoms with Crippen LogP contribution in [0.2, 0.25) is 0 Å². The Morgan fingerprint density at radius 1 is 1.03 bits per heavy atom. The van der Waals surface area contributed by atoms with E-state index in [0.29, 0.717) is 13.0 Å². The van der Waals surface area contributed by atoms with Gasteiger partial charge in [0, 0.05) is 29.8 Å². The predicted molar refractivity (Wildman–Crippen MR) is 113 cm³/mol. The van der Waals surface area contributed by atoms with E-state index >= 15 is 0 Å². The van der Waals surface area contributed by atoms with Crippen molar-refractivity contribution in [3.05, 3.63) is 84.3 Å². The highest BCUT2D eigenvalue weighted by Gasteiger charge is 2.45. The molecule has 0 saturated heterocycles. The average molecular weight is 388 g/mol. The summed E-state index contributed by atoms with van der Waals surface area (Å²) in [6.45, 7) is 2.59. The molecular formula is C24H24N2O3. The van der Waals surface area contributed by atoms with Gasteiger partial charge in [0.2, 0.25) is 11.8 Å². The smallest absolute Gasteiger partial charge is 0.231 e. The van der Waals surface area contributed by atoms with Gasteiger partial charge in [0.05, 0.1) is 12.7 Å². The van der Waals surface area contributed by atoms with E-state index in [1.165, 1.54) is 0 Å². The highest BCUT2D eigenvalue weighted by atomic mass is 16.3. The van der Waals surface area contributed by atoms with Crippen LogP contribution in [0.15, 0.2) is 77.4 Å². The maximum Gasteiger partial charge on any atom is 0.231 e. The molecule has 2 atom stereocenters. The number of furan rings is 1. The third kappa shape index (κ3) is 4.40. The van der Waals surface area contributed by atoms with Crippen molar-refractivity contribution in [2.45, 2.75) is 25.7 Å². The molecule has 0 radical (unpaired) electrons. The van der Waals surface area contributed by atoms with E-state index in [0.717, 1.165) is 29.1 Å². The summed E-state index contributed by atoms with van der Waals surface area (Å²) in [5, 5.41) is 2.96. The van der Waals surface area contributed by atoms with Gasteiger partial charge in [-0.3, -0.25) is 9.59 Å².